The summed E-state index contributed by atoms with van der Waals surface area (Å²) < 4.78 is 0. The van der Waals surface area contributed by atoms with E-state index in [1.54, 1.807) is 11.3 Å². The predicted octanol–water partition coefficient (Wildman–Crippen LogP) is 3.22. The maximum atomic E-state index is 11.1. The summed E-state index contributed by atoms with van der Waals surface area (Å²) in [7, 11) is 0. The minimum absolute atomic E-state index is 0.399. The van der Waals surface area contributed by atoms with Gasteiger partial charge in [0.15, 0.2) is 0 Å². The molecule has 0 saturated heterocycles. The van der Waals surface area contributed by atoms with Gasteiger partial charge in [0.1, 0.15) is 0 Å². The van der Waals surface area contributed by atoms with Crippen LogP contribution in [-0.4, -0.2) is 11.1 Å². The number of carboxylic acid groups (broad SMARTS) is 1. The number of rotatable bonds is 4. The van der Waals surface area contributed by atoms with Crippen LogP contribution in [0.2, 0.25) is 0 Å². The standard InChI is InChI=1S/C11H10O2S2/c12-11(13)9(10-4-2-6-15-10)7-8-3-1-5-14-8/h1-6,9H,7H2,(H,12,13)/t9-/m1/s1. The lowest BCUT2D eigenvalue weighted by Crippen LogP contribution is -2.12. The smallest absolute Gasteiger partial charge is 0.312 e. The van der Waals surface area contributed by atoms with Crippen LogP contribution in [0.5, 0.6) is 0 Å². The number of carboxylic acids is 1. The van der Waals surface area contributed by atoms with Gasteiger partial charge in [-0.1, -0.05) is 12.1 Å². The Morgan fingerprint density at radius 3 is 2.53 bits per heavy atom. The lowest BCUT2D eigenvalue weighted by Gasteiger charge is -2.08. The van der Waals surface area contributed by atoms with Crippen molar-refractivity contribution in [3.63, 3.8) is 0 Å². The second kappa shape index (κ2) is 4.59. The fraction of sp³-hybridized carbons (Fsp3) is 0.182. The number of carbonyl (C=O) groups is 1. The Hall–Kier alpha value is -1.13. The van der Waals surface area contributed by atoms with Crippen LogP contribution in [0, 0.1) is 0 Å². The molecule has 0 bridgehead atoms. The van der Waals surface area contributed by atoms with Crippen molar-refractivity contribution in [2.24, 2.45) is 0 Å². The molecule has 78 valence electrons. The maximum absolute atomic E-state index is 11.1. The van der Waals surface area contributed by atoms with E-state index in [1.165, 1.54) is 11.3 Å². The van der Waals surface area contributed by atoms with E-state index in [4.69, 9.17) is 5.11 Å². The molecule has 0 amide bonds. The maximum Gasteiger partial charge on any atom is 0.312 e. The zero-order chi connectivity index (χ0) is 10.7. The third-order valence-electron chi connectivity index (χ3n) is 2.17. The summed E-state index contributed by atoms with van der Waals surface area (Å²) >= 11 is 3.11. The summed E-state index contributed by atoms with van der Waals surface area (Å²) in [6.45, 7) is 0. The predicted molar refractivity (Wildman–Crippen MR) is 62.7 cm³/mol. The summed E-state index contributed by atoms with van der Waals surface area (Å²) in [5.41, 5.74) is 0. The van der Waals surface area contributed by atoms with Crippen LogP contribution < -0.4 is 0 Å². The van der Waals surface area contributed by atoms with Gasteiger partial charge in [-0.05, 0) is 29.3 Å². The van der Waals surface area contributed by atoms with Crippen molar-refractivity contribution in [1.29, 1.82) is 0 Å². The summed E-state index contributed by atoms with van der Waals surface area (Å²) in [5.74, 6) is -1.14. The second-order valence-electron chi connectivity index (χ2n) is 3.19. The molecule has 1 atom stereocenters. The van der Waals surface area contributed by atoms with Gasteiger partial charge < -0.3 is 5.11 Å². The van der Waals surface area contributed by atoms with Crippen LogP contribution in [0.25, 0.3) is 0 Å². The topological polar surface area (TPSA) is 37.3 Å². The molecule has 0 spiro atoms. The fourth-order valence-electron chi connectivity index (χ4n) is 1.43. The molecule has 0 aliphatic heterocycles. The quantitative estimate of drug-likeness (QED) is 0.888. The first-order valence-electron chi connectivity index (χ1n) is 4.56. The molecule has 2 aromatic heterocycles. The van der Waals surface area contributed by atoms with E-state index in [1.807, 2.05) is 35.0 Å². The molecule has 0 radical (unpaired) electrons. The van der Waals surface area contributed by atoms with E-state index in [0.717, 1.165) is 9.75 Å². The van der Waals surface area contributed by atoms with Crippen molar-refractivity contribution in [2.45, 2.75) is 12.3 Å². The molecule has 0 aliphatic rings. The summed E-state index contributed by atoms with van der Waals surface area (Å²) in [4.78, 5) is 13.2. The van der Waals surface area contributed by atoms with Crippen LogP contribution in [0.15, 0.2) is 35.0 Å². The van der Waals surface area contributed by atoms with Gasteiger partial charge in [-0.3, -0.25) is 4.79 Å². The van der Waals surface area contributed by atoms with E-state index in [9.17, 15) is 4.79 Å². The van der Waals surface area contributed by atoms with Gasteiger partial charge in [0.2, 0.25) is 0 Å². The lowest BCUT2D eigenvalue weighted by atomic mass is 10.0. The summed E-state index contributed by atoms with van der Waals surface area (Å²) in [6, 6.07) is 7.71. The van der Waals surface area contributed by atoms with Crippen LogP contribution in [0.4, 0.5) is 0 Å². The van der Waals surface area contributed by atoms with Crippen molar-refractivity contribution in [3.8, 4) is 0 Å². The van der Waals surface area contributed by atoms with Crippen molar-refractivity contribution < 1.29 is 9.90 Å². The van der Waals surface area contributed by atoms with Crippen molar-refractivity contribution >= 4 is 28.6 Å². The van der Waals surface area contributed by atoms with Gasteiger partial charge in [0, 0.05) is 9.75 Å². The fourth-order valence-corrected chi connectivity index (χ4v) is 3.00. The first-order valence-corrected chi connectivity index (χ1v) is 6.32. The number of hydrogen-bond acceptors (Lipinski definition) is 3. The van der Waals surface area contributed by atoms with Gasteiger partial charge in [-0.15, -0.1) is 22.7 Å². The van der Waals surface area contributed by atoms with Gasteiger partial charge >= 0.3 is 5.97 Å². The van der Waals surface area contributed by atoms with Crippen molar-refractivity contribution in [2.75, 3.05) is 0 Å². The number of thiophene rings is 2. The molecule has 2 rings (SSSR count). The Labute approximate surface area is 95.8 Å². The average molecular weight is 238 g/mol. The first-order chi connectivity index (χ1) is 7.27. The Balaban J connectivity index is 2.18. The van der Waals surface area contributed by atoms with Crippen LogP contribution in [-0.2, 0) is 11.2 Å². The molecule has 2 nitrogen and oxygen atoms in total. The Morgan fingerprint density at radius 2 is 2.00 bits per heavy atom. The average Bonchev–Trinajstić information content (AvgIpc) is 2.87. The minimum Gasteiger partial charge on any atom is -0.481 e. The molecule has 2 aromatic rings. The van der Waals surface area contributed by atoms with Crippen LogP contribution >= 0.6 is 22.7 Å². The van der Waals surface area contributed by atoms with E-state index in [0.29, 0.717) is 6.42 Å². The molecule has 1 N–H and O–H groups in total. The number of hydrogen-bond donors (Lipinski definition) is 1. The minimum atomic E-state index is -0.745. The molecule has 2 heterocycles. The van der Waals surface area contributed by atoms with Crippen LogP contribution in [0.3, 0.4) is 0 Å². The third kappa shape index (κ3) is 2.46. The Morgan fingerprint density at radius 1 is 1.27 bits per heavy atom. The monoisotopic (exact) mass is 238 g/mol. The number of aliphatic carboxylic acids is 1. The lowest BCUT2D eigenvalue weighted by molar-refractivity contribution is -0.138. The van der Waals surface area contributed by atoms with Crippen LogP contribution in [0.1, 0.15) is 15.7 Å². The van der Waals surface area contributed by atoms with Gasteiger partial charge in [0.25, 0.3) is 0 Å². The molecule has 0 unspecified atom stereocenters. The Kier molecular flexibility index (Phi) is 3.18. The highest BCUT2D eigenvalue weighted by Gasteiger charge is 2.21. The Bertz CT molecular complexity index is 417. The molecule has 0 saturated carbocycles. The zero-order valence-corrected chi connectivity index (χ0v) is 9.55. The third-order valence-corrected chi connectivity index (χ3v) is 4.05. The molecule has 0 aliphatic carbocycles. The summed E-state index contributed by atoms with van der Waals surface area (Å²) in [6.07, 6.45) is 0.591. The molecular weight excluding hydrogens is 228 g/mol. The van der Waals surface area contributed by atoms with E-state index >= 15 is 0 Å². The van der Waals surface area contributed by atoms with E-state index in [2.05, 4.69) is 0 Å². The largest absolute Gasteiger partial charge is 0.481 e. The second-order valence-corrected chi connectivity index (χ2v) is 5.20. The first kappa shape index (κ1) is 10.4. The highest BCUT2D eigenvalue weighted by Crippen LogP contribution is 2.26. The molecular formula is C11H10O2S2. The highest BCUT2D eigenvalue weighted by molar-refractivity contribution is 7.10. The van der Waals surface area contributed by atoms with Crippen molar-refractivity contribution in [1.82, 2.24) is 0 Å². The summed E-state index contributed by atoms with van der Waals surface area (Å²) in [5, 5.41) is 13.0. The molecule has 15 heavy (non-hydrogen) atoms. The van der Waals surface area contributed by atoms with E-state index in [-0.39, 0.29) is 0 Å². The van der Waals surface area contributed by atoms with Gasteiger partial charge in [-0.25, -0.2) is 0 Å². The SMILES string of the molecule is O=C(O)[C@H](Cc1cccs1)c1cccs1. The molecule has 4 heteroatoms. The normalized spacial score (nSPS) is 12.5. The molecule has 0 fully saturated rings. The molecule has 0 aromatic carbocycles. The van der Waals surface area contributed by atoms with Gasteiger partial charge in [0.05, 0.1) is 5.92 Å². The van der Waals surface area contributed by atoms with Crippen molar-refractivity contribution in [3.05, 3.63) is 44.8 Å². The highest BCUT2D eigenvalue weighted by atomic mass is 32.1. The van der Waals surface area contributed by atoms with E-state index < -0.39 is 11.9 Å². The zero-order valence-electron chi connectivity index (χ0n) is 7.92. The van der Waals surface area contributed by atoms with Gasteiger partial charge in [-0.2, -0.15) is 0 Å².